The van der Waals surface area contributed by atoms with Crippen molar-refractivity contribution in [3.05, 3.63) is 34.6 Å². The van der Waals surface area contributed by atoms with Gasteiger partial charge in [0.25, 0.3) is 0 Å². The van der Waals surface area contributed by atoms with Crippen molar-refractivity contribution in [3.8, 4) is 0 Å². The van der Waals surface area contributed by atoms with E-state index in [0.717, 1.165) is 6.07 Å². The van der Waals surface area contributed by atoms with E-state index in [1.165, 1.54) is 12.1 Å². The van der Waals surface area contributed by atoms with E-state index >= 15 is 0 Å². The zero-order valence-electron chi connectivity index (χ0n) is 10.4. The highest BCUT2D eigenvalue weighted by atomic mass is 35.5. The van der Waals surface area contributed by atoms with E-state index in [1.807, 2.05) is 0 Å². The van der Waals surface area contributed by atoms with E-state index in [0.29, 0.717) is 0 Å². The molecule has 1 aromatic rings. The van der Waals surface area contributed by atoms with Gasteiger partial charge in [-0.3, -0.25) is 4.79 Å². The number of carbonyl (C=O) groups excluding carboxylic acids is 1. The van der Waals surface area contributed by atoms with E-state index in [-0.39, 0.29) is 23.6 Å². The second-order valence-corrected chi connectivity index (χ2v) is 5.26. The topological polar surface area (TPSA) is 29.1 Å². The van der Waals surface area contributed by atoms with Gasteiger partial charge in [-0.25, -0.2) is 4.39 Å². The Kier molecular flexibility index (Phi) is 4.07. The molecule has 0 amide bonds. The number of carbonyl (C=O) groups is 1. The van der Waals surface area contributed by atoms with Crippen LogP contribution in [0.4, 0.5) is 17.6 Å². The monoisotopic (exact) mass is 309 g/mol. The van der Waals surface area contributed by atoms with Crippen LogP contribution in [-0.2, 0) is 11.2 Å². The van der Waals surface area contributed by atoms with Gasteiger partial charge >= 0.3 is 6.18 Å². The lowest BCUT2D eigenvalue weighted by Gasteiger charge is -2.29. The van der Waals surface area contributed by atoms with Crippen LogP contribution in [0.5, 0.6) is 0 Å². The van der Waals surface area contributed by atoms with Gasteiger partial charge in [-0.2, -0.15) is 13.2 Å². The van der Waals surface area contributed by atoms with Crippen LogP contribution in [0.2, 0.25) is 5.02 Å². The van der Waals surface area contributed by atoms with Gasteiger partial charge in [-0.1, -0.05) is 17.7 Å². The largest absolute Gasteiger partial charge is 0.402 e. The summed E-state index contributed by atoms with van der Waals surface area (Å²) in [7, 11) is 0. The smallest absolute Gasteiger partial charge is 0.315 e. The Morgan fingerprint density at radius 1 is 1.40 bits per heavy atom. The molecule has 110 valence electrons. The van der Waals surface area contributed by atoms with Gasteiger partial charge < -0.3 is 5.32 Å². The van der Waals surface area contributed by atoms with Crippen LogP contribution in [0.3, 0.4) is 0 Å². The lowest BCUT2D eigenvalue weighted by molar-refractivity contribution is -0.214. The molecule has 1 heterocycles. The first kappa shape index (κ1) is 15.3. The van der Waals surface area contributed by atoms with Crippen molar-refractivity contribution in [1.29, 1.82) is 0 Å². The highest BCUT2D eigenvalue weighted by Gasteiger charge is 2.60. The maximum atomic E-state index is 13.2. The van der Waals surface area contributed by atoms with Crippen molar-refractivity contribution in [2.45, 2.75) is 19.0 Å². The Labute approximate surface area is 118 Å². The van der Waals surface area contributed by atoms with Gasteiger partial charge in [0.05, 0.1) is 5.02 Å². The molecule has 7 heteroatoms. The van der Waals surface area contributed by atoms with Crippen molar-refractivity contribution in [2.24, 2.45) is 5.41 Å². The number of ketones is 1. The highest BCUT2D eigenvalue weighted by Crippen LogP contribution is 2.44. The van der Waals surface area contributed by atoms with Crippen LogP contribution in [0, 0.1) is 11.2 Å². The Morgan fingerprint density at radius 2 is 2.10 bits per heavy atom. The van der Waals surface area contributed by atoms with E-state index in [2.05, 4.69) is 5.32 Å². The average Bonchev–Trinajstić information content (AvgIpc) is 2.84. The van der Waals surface area contributed by atoms with Crippen molar-refractivity contribution < 1.29 is 22.4 Å². The first-order chi connectivity index (χ1) is 9.26. The average molecular weight is 310 g/mol. The van der Waals surface area contributed by atoms with Crippen molar-refractivity contribution in [2.75, 3.05) is 13.1 Å². The third kappa shape index (κ3) is 2.67. The number of hydrogen-bond donors (Lipinski definition) is 1. The summed E-state index contributed by atoms with van der Waals surface area (Å²) in [6.45, 7) is -0.264. The van der Waals surface area contributed by atoms with Crippen LogP contribution in [-0.4, -0.2) is 25.0 Å². The second-order valence-electron chi connectivity index (χ2n) is 4.86. The molecule has 20 heavy (non-hydrogen) atoms. The second kappa shape index (κ2) is 5.33. The molecule has 1 unspecified atom stereocenters. The molecular weight excluding hydrogens is 298 g/mol. The normalized spacial score (nSPS) is 23.1. The number of benzene rings is 1. The molecule has 0 bridgehead atoms. The van der Waals surface area contributed by atoms with E-state index in [9.17, 15) is 22.4 Å². The van der Waals surface area contributed by atoms with Gasteiger partial charge in [-0.15, -0.1) is 0 Å². The van der Waals surface area contributed by atoms with Crippen LogP contribution >= 0.6 is 11.6 Å². The molecular formula is C13H12ClF4NO. The fourth-order valence-corrected chi connectivity index (χ4v) is 2.54. The van der Waals surface area contributed by atoms with Gasteiger partial charge in [-0.05, 0) is 30.7 Å². The quantitative estimate of drug-likeness (QED) is 0.869. The van der Waals surface area contributed by atoms with Crippen molar-refractivity contribution >= 4 is 17.4 Å². The SMILES string of the molecule is O=C(Cc1ccc(F)c(Cl)c1)C1(C(F)(F)F)CCNC1. The van der Waals surface area contributed by atoms with Gasteiger partial charge in [0.2, 0.25) is 0 Å². The molecule has 2 nitrogen and oxygen atoms in total. The Balaban J connectivity index is 2.23. The molecule has 1 aliphatic rings. The van der Waals surface area contributed by atoms with Crippen molar-refractivity contribution in [3.63, 3.8) is 0 Å². The van der Waals surface area contributed by atoms with Crippen molar-refractivity contribution in [1.82, 2.24) is 5.32 Å². The molecule has 0 aliphatic carbocycles. The first-order valence-corrected chi connectivity index (χ1v) is 6.39. The number of nitrogens with one attached hydrogen (secondary N) is 1. The third-order valence-corrected chi connectivity index (χ3v) is 3.87. The van der Waals surface area contributed by atoms with Crippen LogP contribution < -0.4 is 5.32 Å². The zero-order chi connectivity index (χ0) is 15.0. The van der Waals surface area contributed by atoms with Gasteiger partial charge in [0, 0.05) is 13.0 Å². The molecule has 1 N–H and O–H groups in total. The Morgan fingerprint density at radius 3 is 2.60 bits per heavy atom. The Hall–Kier alpha value is -1.14. The molecule has 0 aromatic heterocycles. The molecule has 1 saturated heterocycles. The number of alkyl halides is 3. The molecule has 1 aromatic carbocycles. The minimum atomic E-state index is -4.60. The number of hydrogen-bond acceptors (Lipinski definition) is 2. The Bertz CT molecular complexity index is 524. The van der Waals surface area contributed by atoms with Crippen LogP contribution in [0.1, 0.15) is 12.0 Å². The number of Topliss-reactive ketones (excluding diaryl/α,β-unsaturated/α-hetero) is 1. The summed E-state index contributed by atoms with van der Waals surface area (Å²) in [4.78, 5) is 12.1. The summed E-state index contributed by atoms with van der Waals surface area (Å²) in [5.41, 5.74) is -2.08. The molecule has 1 atom stereocenters. The highest BCUT2D eigenvalue weighted by molar-refractivity contribution is 6.30. The van der Waals surface area contributed by atoms with E-state index < -0.39 is 36.2 Å². The number of rotatable bonds is 3. The first-order valence-electron chi connectivity index (χ1n) is 6.01. The van der Waals surface area contributed by atoms with E-state index in [1.54, 1.807) is 0 Å². The standard InChI is InChI=1S/C13H12ClF4NO/c14-9-5-8(1-2-10(9)15)6-11(20)12(13(16,17)18)3-4-19-7-12/h1-2,5,19H,3-4,6-7H2. The zero-order valence-corrected chi connectivity index (χ0v) is 11.1. The predicted octanol–water partition coefficient (Wildman–Crippen LogP) is 3.13. The minimum absolute atomic E-state index is 0.148. The summed E-state index contributed by atoms with van der Waals surface area (Å²) in [6, 6.07) is 3.49. The summed E-state index contributed by atoms with van der Waals surface area (Å²) >= 11 is 5.56. The predicted molar refractivity (Wildman–Crippen MR) is 66.1 cm³/mol. The minimum Gasteiger partial charge on any atom is -0.315 e. The van der Waals surface area contributed by atoms with E-state index in [4.69, 9.17) is 11.6 Å². The number of halogens is 5. The molecule has 1 aliphatic heterocycles. The van der Waals surface area contributed by atoms with Crippen LogP contribution in [0.15, 0.2) is 18.2 Å². The summed E-state index contributed by atoms with van der Waals surface area (Å²) in [6.07, 6.45) is -5.29. The fourth-order valence-electron chi connectivity index (χ4n) is 2.33. The van der Waals surface area contributed by atoms with Gasteiger partial charge in [0.1, 0.15) is 11.2 Å². The maximum Gasteiger partial charge on any atom is 0.402 e. The fraction of sp³-hybridized carbons (Fsp3) is 0.462. The summed E-state index contributed by atoms with van der Waals surface area (Å²) < 4.78 is 52.5. The molecule has 0 spiro atoms. The van der Waals surface area contributed by atoms with Gasteiger partial charge in [0.15, 0.2) is 5.78 Å². The molecule has 2 rings (SSSR count). The summed E-state index contributed by atoms with van der Waals surface area (Å²) in [5, 5.41) is 2.37. The lowest BCUT2D eigenvalue weighted by Crippen LogP contribution is -2.47. The molecule has 0 saturated carbocycles. The van der Waals surface area contributed by atoms with Crippen LogP contribution in [0.25, 0.3) is 0 Å². The lowest BCUT2D eigenvalue weighted by atomic mass is 9.79. The maximum absolute atomic E-state index is 13.2. The molecule has 1 fully saturated rings. The third-order valence-electron chi connectivity index (χ3n) is 3.58. The summed E-state index contributed by atoms with van der Waals surface area (Å²) in [5.74, 6) is -1.59. The molecule has 0 radical (unpaired) electrons.